The molecule has 1 aliphatic rings. The van der Waals surface area contributed by atoms with Crippen LogP contribution < -0.4 is 25.8 Å². The lowest BCUT2D eigenvalue weighted by Crippen LogP contribution is -2.30. The predicted octanol–water partition coefficient (Wildman–Crippen LogP) is 3.69. The second kappa shape index (κ2) is 9.00. The number of methoxy groups -OCH3 is 1. The van der Waals surface area contributed by atoms with Crippen molar-refractivity contribution < 1.29 is 9.53 Å². The summed E-state index contributed by atoms with van der Waals surface area (Å²) in [5.74, 6) is 1.27. The maximum atomic E-state index is 12.3. The monoisotopic (exact) mass is 414 g/mol. The lowest BCUT2D eigenvalue weighted by atomic mass is 10.1. The number of amides is 2. The average Bonchev–Trinajstić information content (AvgIpc) is 3.20. The highest BCUT2D eigenvalue weighted by Gasteiger charge is 2.22. The average molecular weight is 414 g/mol. The van der Waals surface area contributed by atoms with Crippen molar-refractivity contribution in [3.63, 3.8) is 0 Å². The van der Waals surface area contributed by atoms with Gasteiger partial charge in [0.25, 0.3) is 0 Å². The number of anilines is 2. The van der Waals surface area contributed by atoms with E-state index in [1.165, 1.54) is 0 Å². The molecular weight excluding hydrogens is 392 g/mol. The van der Waals surface area contributed by atoms with Crippen molar-refractivity contribution in [2.24, 2.45) is 0 Å². The standard InChI is InChI=1S/C23H22N6O2/c1-16-19(18-6-5-10-24-14-18)15-27-29(16)22-12-17(9-11-25-22)13-26-23(30)28-20-7-3-4-8-21(20)31-2/h3-12,14-15,27H,1,13H2,2H3,(H2,26,28,30). The molecule has 0 unspecified atom stereocenters. The van der Waals surface area contributed by atoms with Crippen LogP contribution in [0.2, 0.25) is 0 Å². The number of nitrogens with zero attached hydrogens (tertiary/aromatic N) is 3. The van der Waals surface area contributed by atoms with E-state index in [9.17, 15) is 4.79 Å². The molecule has 2 aromatic heterocycles. The lowest BCUT2D eigenvalue weighted by molar-refractivity contribution is 0.251. The molecule has 0 saturated heterocycles. The summed E-state index contributed by atoms with van der Waals surface area (Å²) in [4.78, 5) is 20.9. The highest BCUT2D eigenvalue weighted by Crippen LogP contribution is 2.30. The molecule has 31 heavy (non-hydrogen) atoms. The van der Waals surface area contributed by atoms with Gasteiger partial charge < -0.3 is 15.4 Å². The normalized spacial score (nSPS) is 12.7. The summed E-state index contributed by atoms with van der Waals surface area (Å²) in [6.07, 6.45) is 7.08. The number of hydrazine groups is 1. The molecule has 3 aromatic rings. The van der Waals surface area contributed by atoms with Gasteiger partial charge in [-0.1, -0.05) is 24.8 Å². The van der Waals surface area contributed by atoms with Crippen LogP contribution >= 0.6 is 0 Å². The Kier molecular flexibility index (Phi) is 5.79. The molecule has 4 rings (SSSR count). The third-order valence-corrected chi connectivity index (χ3v) is 4.74. The molecule has 0 atom stereocenters. The van der Waals surface area contributed by atoms with E-state index >= 15 is 0 Å². The van der Waals surface area contributed by atoms with Gasteiger partial charge in [-0.2, -0.15) is 0 Å². The number of urea groups is 1. The summed E-state index contributed by atoms with van der Waals surface area (Å²) in [6, 6.07) is 14.5. The van der Waals surface area contributed by atoms with Gasteiger partial charge in [-0.3, -0.25) is 10.4 Å². The van der Waals surface area contributed by atoms with Crippen LogP contribution in [-0.4, -0.2) is 23.1 Å². The number of hydrogen-bond acceptors (Lipinski definition) is 6. The van der Waals surface area contributed by atoms with Gasteiger partial charge in [-0.25, -0.2) is 14.8 Å². The Bertz CT molecular complexity index is 1130. The van der Waals surface area contributed by atoms with Gasteiger partial charge in [-0.15, -0.1) is 0 Å². The fourth-order valence-electron chi connectivity index (χ4n) is 3.18. The third kappa shape index (κ3) is 4.48. The van der Waals surface area contributed by atoms with Crippen LogP contribution in [0.1, 0.15) is 11.1 Å². The largest absolute Gasteiger partial charge is 0.495 e. The van der Waals surface area contributed by atoms with Crippen LogP contribution in [0.4, 0.5) is 16.3 Å². The number of hydrogen-bond donors (Lipinski definition) is 3. The van der Waals surface area contributed by atoms with Crippen molar-refractivity contribution >= 4 is 23.1 Å². The zero-order chi connectivity index (χ0) is 21.6. The van der Waals surface area contributed by atoms with Crippen molar-refractivity contribution in [1.29, 1.82) is 0 Å². The highest BCUT2D eigenvalue weighted by molar-refractivity contribution is 5.91. The molecule has 3 N–H and O–H groups in total. The molecule has 1 aliphatic heterocycles. The third-order valence-electron chi connectivity index (χ3n) is 4.74. The molecule has 2 amide bonds. The molecular formula is C23H22N6O2. The van der Waals surface area contributed by atoms with Crippen molar-refractivity contribution in [3.05, 3.63) is 96.7 Å². The quantitative estimate of drug-likeness (QED) is 0.570. The second-order valence-corrected chi connectivity index (χ2v) is 6.74. The Morgan fingerprint density at radius 1 is 1.19 bits per heavy atom. The maximum Gasteiger partial charge on any atom is 0.319 e. The first-order valence-electron chi connectivity index (χ1n) is 9.64. The number of ether oxygens (including phenoxy) is 1. The number of carbonyl (C=O) groups excluding carboxylic acids is 1. The van der Waals surface area contributed by atoms with Crippen LogP contribution in [0.3, 0.4) is 0 Å². The minimum atomic E-state index is -0.327. The Labute approximate surface area is 180 Å². The first-order valence-corrected chi connectivity index (χ1v) is 9.64. The number of benzene rings is 1. The zero-order valence-corrected chi connectivity index (χ0v) is 17.0. The van der Waals surface area contributed by atoms with Crippen LogP contribution in [0.15, 0.2) is 85.6 Å². The molecule has 3 heterocycles. The van der Waals surface area contributed by atoms with E-state index in [1.807, 2.05) is 42.6 Å². The Morgan fingerprint density at radius 3 is 2.87 bits per heavy atom. The van der Waals surface area contributed by atoms with Crippen molar-refractivity contribution in [2.45, 2.75) is 6.54 Å². The van der Waals surface area contributed by atoms with E-state index in [0.29, 0.717) is 23.8 Å². The van der Waals surface area contributed by atoms with E-state index in [0.717, 1.165) is 22.4 Å². The van der Waals surface area contributed by atoms with Gasteiger partial charge in [0.05, 0.1) is 18.5 Å². The fourth-order valence-corrected chi connectivity index (χ4v) is 3.18. The summed E-state index contributed by atoms with van der Waals surface area (Å²) >= 11 is 0. The topological polar surface area (TPSA) is 91.4 Å². The lowest BCUT2D eigenvalue weighted by Gasteiger charge is -2.20. The van der Waals surface area contributed by atoms with Gasteiger partial charge in [0, 0.05) is 42.5 Å². The van der Waals surface area contributed by atoms with Crippen molar-refractivity contribution in [3.8, 4) is 5.75 Å². The predicted molar refractivity (Wildman–Crippen MR) is 120 cm³/mol. The molecule has 0 aliphatic carbocycles. The van der Waals surface area contributed by atoms with Crippen molar-refractivity contribution in [1.82, 2.24) is 20.7 Å². The minimum Gasteiger partial charge on any atom is -0.495 e. The number of rotatable bonds is 6. The number of allylic oxidation sites excluding steroid dienone is 1. The molecule has 8 heteroatoms. The number of pyridine rings is 2. The van der Waals surface area contributed by atoms with Gasteiger partial charge in [0.2, 0.25) is 0 Å². The highest BCUT2D eigenvalue weighted by atomic mass is 16.5. The summed E-state index contributed by atoms with van der Waals surface area (Å²) < 4.78 is 5.25. The second-order valence-electron chi connectivity index (χ2n) is 6.74. The Hall–Kier alpha value is -4.33. The van der Waals surface area contributed by atoms with E-state index in [4.69, 9.17) is 4.74 Å². The first-order chi connectivity index (χ1) is 15.2. The first kappa shape index (κ1) is 20.0. The van der Waals surface area contributed by atoms with Gasteiger partial charge in [0.1, 0.15) is 5.75 Å². The van der Waals surface area contributed by atoms with E-state index in [1.54, 1.807) is 42.8 Å². The smallest absolute Gasteiger partial charge is 0.319 e. The van der Waals surface area contributed by atoms with Crippen molar-refractivity contribution in [2.75, 3.05) is 17.4 Å². The van der Waals surface area contributed by atoms with E-state index in [2.05, 4.69) is 32.6 Å². The number of nitrogens with one attached hydrogen (secondary N) is 3. The van der Waals surface area contributed by atoms with Crippen LogP contribution in [0, 0.1) is 0 Å². The van der Waals surface area contributed by atoms with Gasteiger partial charge in [0.15, 0.2) is 5.82 Å². The summed E-state index contributed by atoms with van der Waals surface area (Å²) in [6.45, 7) is 4.51. The summed E-state index contributed by atoms with van der Waals surface area (Å²) in [5, 5.41) is 7.43. The maximum absolute atomic E-state index is 12.3. The molecule has 1 aromatic carbocycles. The summed E-state index contributed by atoms with van der Waals surface area (Å²) in [5.41, 5.74) is 7.34. The van der Waals surface area contributed by atoms with Gasteiger partial charge in [-0.05, 0) is 35.9 Å². The minimum absolute atomic E-state index is 0.327. The number of carbonyl (C=O) groups is 1. The molecule has 0 saturated carbocycles. The van der Waals surface area contributed by atoms with Crippen LogP contribution in [0.5, 0.6) is 5.75 Å². The molecule has 8 nitrogen and oxygen atoms in total. The molecule has 0 radical (unpaired) electrons. The van der Waals surface area contributed by atoms with E-state index in [-0.39, 0.29) is 6.03 Å². The number of aromatic nitrogens is 2. The number of para-hydroxylation sites is 2. The van der Waals surface area contributed by atoms with E-state index < -0.39 is 0 Å². The Morgan fingerprint density at radius 2 is 2.06 bits per heavy atom. The molecule has 0 bridgehead atoms. The van der Waals surface area contributed by atoms with Crippen LogP contribution in [0.25, 0.3) is 5.57 Å². The van der Waals surface area contributed by atoms with Gasteiger partial charge >= 0.3 is 6.03 Å². The summed E-state index contributed by atoms with van der Waals surface area (Å²) in [7, 11) is 1.56. The Balaban J connectivity index is 1.39. The fraction of sp³-hybridized carbons (Fsp3) is 0.0870. The van der Waals surface area contributed by atoms with Crippen LogP contribution in [-0.2, 0) is 6.54 Å². The SMILES string of the molecule is C=C1C(c2cccnc2)=CNN1c1cc(CNC(=O)Nc2ccccc2OC)ccn1. The molecule has 0 spiro atoms. The zero-order valence-electron chi connectivity index (χ0n) is 17.0. The molecule has 156 valence electrons. The molecule has 0 fully saturated rings.